The highest BCUT2D eigenvalue weighted by Crippen LogP contribution is 2.21. The predicted molar refractivity (Wildman–Crippen MR) is 82.9 cm³/mol. The Morgan fingerprint density at radius 2 is 1.89 bits per heavy atom. The fourth-order valence-corrected chi connectivity index (χ4v) is 2.71. The molecule has 0 amide bonds. The van der Waals surface area contributed by atoms with E-state index in [0.717, 1.165) is 48.2 Å². The van der Waals surface area contributed by atoms with Crippen molar-refractivity contribution in [3.8, 4) is 0 Å². The standard InChI is InChI=1S/C13H20Br2N2O/c1-18-8-7-16-5-2-6-17-10-11-3-4-12(14)9-13(11)15/h3-4,9,16-17H,2,5-8,10H2,1H3. The molecule has 0 spiro atoms. The van der Waals surface area contributed by atoms with Gasteiger partial charge in [-0.05, 0) is 37.2 Å². The van der Waals surface area contributed by atoms with Crippen LogP contribution in [0, 0.1) is 0 Å². The van der Waals surface area contributed by atoms with Crippen LogP contribution < -0.4 is 10.6 Å². The minimum Gasteiger partial charge on any atom is -0.383 e. The molecule has 0 aliphatic heterocycles. The van der Waals surface area contributed by atoms with E-state index in [-0.39, 0.29) is 0 Å². The first-order valence-electron chi connectivity index (χ1n) is 6.08. The third kappa shape index (κ3) is 6.85. The molecule has 2 N–H and O–H groups in total. The van der Waals surface area contributed by atoms with Crippen LogP contribution in [-0.2, 0) is 11.3 Å². The molecule has 102 valence electrons. The Morgan fingerprint density at radius 3 is 2.61 bits per heavy atom. The second-order valence-corrected chi connectivity index (χ2v) is 5.78. The molecule has 0 bridgehead atoms. The van der Waals surface area contributed by atoms with Crippen molar-refractivity contribution in [2.24, 2.45) is 0 Å². The Bertz CT molecular complexity index is 348. The van der Waals surface area contributed by atoms with Crippen LogP contribution in [0.1, 0.15) is 12.0 Å². The first-order valence-corrected chi connectivity index (χ1v) is 7.67. The minimum atomic E-state index is 0.777. The third-order valence-corrected chi connectivity index (χ3v) is 3.75. The van der Waals surface area contributed by atoms with E-state index in [4.69, 9.17) is 4.74 Å². The van der Waals surface area contributed by atoms with Crippen LogP contribution in [0.2, 0.25) is 0 Å². The Balaban J connectivity index is 2.07. The highest BCUT2D eigenvalue weighted by atomic mass is 79.9. The molecule has 0 saturated carbocycles. The molecule has 0 unspecified atom stereocenters. The van der Waals surface area contributed by atoms with Gasteiger partial charge in [0, 0.05) is 29.1 Å². The van der Waals surface area contributed by atoms with Crippen molar-refractivity contribution >= 4 is 31.9 Å². The Kier molecular flexibility index (Phi) is 8.88. The van der Waals surface area contributed by atoms with Gasteiger partial charge >= 0.3 is 0 Å². The summed E-state index contributed by atoms with van der Waals surface area (Å²) in [6.45, 7) is 4.64. The van der Waals surface area contributed by atoms with E-state index in [1.807, 2.05) is 0 Å². The summed E-state index contributed by atoms with van der Waals surface area (Å²) in [5.74, 6) is 0. The molecule has 0 saturated heterocycles. The number of methoxy groups -OCH3 is 1. The molecule has 0 aromatic heterocycles. The van der Waals surface area contributed by atoms with Gasteiger partial charge in [0.1, 0.15) is 0 Å². The molecular weight excluding hydrogens is 360 g/mol. The van der Waals surface area contributed by atoms with Crippen LogP contribution in [0.25, 0.3) is 0 Å². The molecular formula is C13H20Br2N2O. The second-order valence-electron chi connectivity index (χ2n) is 4.01. The van der Waals surface area contributed by atoms with Gasteiger partial charge in [-0.2, -0.15) is 0 Å². The summed E-state index contributed by atoms with van der Waals surface area (Å²) in [4.78, 5) is 0. The lowest BCUT2D eigenvalue weighted by molar-refractivity contribution is 0.199. The Hall–Kier alpha value is 0.0600. The zero-order valence-corrected chi connectivity index (χ0v) is 13.8. The van der Waals surface area contributed by atoms with Gasteiger partial charge in [-0.25, -0.2) is 0 Å². The smallest absolute Gasteiger partial charge is 0.0587 e. The van der Waals surface area contributed by atoms with Gasteiger partial charge in [0.25, 0.3) is 0 Å². The monoisotopic (exact) mass is 378 g/mol. The molecule has 5 heteroatoms. The molecule has 0 heterocycles. The second kappa shape index (κ2) is 9.92. The van der Waals surface area contributed by atoms with Crippen LogP contribution in [0.15, 0.2) is 27.1 Å². The maximum atomic E-state index is 4.96. The van der Waals surface area contributed by atoms with Crippen LogP contribution in [0.5, 0.6) is 0 Å². The number of halogens is 2. The van der Waals surface area contributed by atoms with Crippen molar-refractivity contribution in [1.29, 1.82) is 0 Å². The average molecular weight is 380 g/mol. The number of ether oxygens (including phenoxy) is 1. The number of rotatable bonds is 9. The van der Waals surface area contributed by atoms with E-state index in [0.29, 0.717) is 0 Å². The highest BCUT2D eigenvalue weighted by Gasteiger charge is 1.99. The van der Waals surface area contributed by atoms with Crippen molar-refractivity contribution in [2.45, 2.75) is 13.0 Å². The maximum absolute atomic E-state index is 4.96. The van der Waals surface area contributed by atoms with Gasteiger partial charge in [0.2, 0.25) is 0 Å². The number of nitrogens with one attached hydrogen (secondary N) is 2. The van der Waals surface area contributed by atoms with E-state index < -0.39 is 0 Å². The maximum Gasteiger partial charge on any atom is 0.0587 e. The molecule has 1 aromatic carbocycles. The lowest BCUT2D eigenvalue weighted by Gasteiger charge is -2.08. The normalized spacial score (nSPS) is 10.8. The Morgan fingerprint density at radius 1 is 1.11 bits per heavy atom. The van der Waals surface area contributed by atoms with E-state index in [2.05, 4.69) is 60.7 Å². The van der Waals surface area contributed by atoms with Gasteiger partial charge in [0.15, 0.2) is 0 Å². The molecule has 3 nitrogen and oxygen atoms in total. The third-order valence-electron chi connectivity index (χ3n) is 2.52. The summed E-state index contributed by atoms with van der Waals surface area (Å²) < 4.78 is 7.20. The van der Waals surface area contributed by atoms with Crippen LogP contribution in [0.3, 0.4) is 0 Å². The van der Waals surface area contributed by atoms with E-state index in [9.17, 15) is 0 Å². The molecule has 1 aromatic rings. The van der Waals surface area contributed by atoms with Crippen LogP contribution in [-0.4, -0.2) is 33.4 Å². The van der Waals surface area contributed by atoms with Crippen LogP contribution in [0.4, 0.5) is 0 Å². The zero-order chi connectivity index (χ0) is 13.2. The molecule has 1 rings (SSSR count). The lowest BCUT2D eigenvalue weighted by atomic mass is 10.2. The van der Waals surface area contributed by atoms with Gasteiger partial charge in [-0.1, -0.05) is 37.9 Å². The molecule has 0 aliphatic carbocycles. The first kappa shape index (κ1) is 16.1. The Labute approximate surface area is 126 Å². The summed E-state index contributed by atoms with van der Waals surface area (Å²) >= 11 is 7.01. The van der Waals surface area contributed by atoms with E-state index in [1.54, 1.807) is 7.11 Å². The van der Waals surface area contributed by atoms with Gasteiger partial charge < -0.3 is 15.4 Å². The van der Waals surface area contributed by atoms with Crippen molar-refractivity contribution in [1.82, 2.24) is 10.6 Å². The molecule has 0 fully saturated rings. The van der Waals surface area contributed by atoms with Crippen molar-refractivity contribution in [3.63, 3.8) is 0 Å². The topological polar surface area (TPSA) is 33.3 Å². The summed E-state index contributed by atoms with van der Waals surface area (Å²) in [6.07, 6.45) is 1.12. The first-order chi connectivity index (χ1) is 8.74. The van der Waals surface area contributed by atoms with Gasteiger partial charge in [-0.15, -0.1) is 0 Å². The van der Waals surface area contributed by atoms with Gasteiger partial charge in [-0.3, -0.25) is 0 Å². The number of benzene rings is 1. The zero-order valence-electron chi connectivity index (χ0n) is 10.6. The predicted octanol–water partition coefficient (Wildman–Crippen LogP) is 2.93. The molecule has 0 radical (unpaired) electrons. The summed E-state index contributed by atoms with van der Waals surface area (Å²) in [7, 11) is 1.72. The minimum absolute atomic E-state index is 0.777. The fraction of sp³-hybridized carbons (Fsp3) is 0.538. The number of hydrogen-bond donors (Lipinski definition) is 2. The largest absolute Gasteiger partial charge is 0.383 e. The SMILES string of the molecule is COCCNCCCNCc1ccc(Br)cc1Br. The molecule has 0 atom stereocenters. The van der Waals surface area contributed by atoms with E-state index >= 15 is 0 Å². The number of hydrogen-bond acceptors (Lipinski definition) is 3. The fourth-order valence-electron chi connectivity index (χ4n) is 1.53. The molecule has 0 aliphatic rings. The summed E-state index contributed by atoms with van der Waals surface area (Å²) in [5.41, 5.74) is 1.28. The van der Waals surface area contributed by atoms with Crippen molar-refractivity contribution in [3.05, 3.63) is 32.7 Å². The van der Waals surface area contributed by atoms with Gasteiger partial charge in [0.05, 0.1) is 6.61 Å². The molecule has 18 heavy (non-hydrogen) atoms. The average Bonchev–Trinajstić information content (AvgIpc) is 2.35. The lowest BCUT2D eigenvalue weighted by Crippen LogP contribution is -2.24. The summed E-state index contributed by atoms with van der Waals surface area (Å²) in [5, 5.41) is 6.76. The summed E-state index contributed by atoms with van der Waals surface area (Å²) in [6, 6.07) is 6.26. The van der Waals surface area contributed by atoms with Crippen LogP contribution >= 0.6 is 31.9 Å². The highest BCUT2D eigenvalue weighted by molar-refractivity contribution is 9.11. The quantitative estimate of drug-likeness (QED) is 0.647. The van der Waals surface area contributed by atoms with E-state index in [1.165, 1.54) is 5.56 Å². The van der Waals surface area contributed by atoms with Crippen molar-refractivity contribution in [2.75, 3.05) is 33.4 Å². The van der Waals surface area contributed by atoms with Crippen molar-refractivity contribution < 1.29 is 4.74 Å².